The first-order valence-electron chi connectivity index (χ1n) is 14.2. The maximum absolute atomic E-state index is 14.4. The topological polar surface area (TPSA) is 86.8 Å². The molecule has 2 amide bonds. The van der Waals surface area contributed by atoms with Crippen molar-refractivity contribution in [3.8, 4) is 0 Å². The Morgan fingerprint density at radius 3 is 1.98 bits per heavy atom. The maximum Gasteiger partial charge on any atom is 0.264 e. The van der Waals surface area contributed by atoms with Gasteiger partial charge in [-0.05, 0) is 60.9 Å². The first kappa shape index (κ1) is 31.8. The Bertz CT molecular complexity index is 1600. The van der Waals surface area contributed by atoms with Crippen LogP contribution in [0.5, 0.6) is 0 Å². The molecule has 43 heavy (non-hydrogen) atoms. The fraction of sp³-hybridized carbons (Fsp3) is 0.235. The molecular weight excluding hydrogens is 582 g/mol. The number of hydrogen-bond acceptors (Lipinski definition) is 4. The number of benzene rings is 4. The standard InChI is InChI=1S/C34H36ClN3O4S/c1-3-22-36-34(40)32(23-27-10-6-4-7-11-27)37(24-28-12-8-5-9-13-28)33(39)25-38(30-18-16-29(35)17-19-30)43(41,42)31-20-14-26(2)15-21-31/h4-21,32H,3,22-25H2,1-2H3,(H,36,40). The van der Waals surface area contributed by atoms with Crippen molar-refractivity contribution in [1.29, 1.82) is 0 Å². The lowest BCUT2D eigenvalue weighted by atomic mass is 10.0. The lowest BCUT2D eigenvalue weighted by Gasteiger charge is -2.34. The van der Waals surface area contributed by atoms with Gasteiger partial charge in [-0.1, -0.05) is 96.9 Å². The van der Waals surface area contributed by atoms with Gasteiger partial charge in [-0.15, -0.1) is 0 Å². The third-order valence-corrected chi connectivity index (χ3v) is 9.06. The average molecular weight is 618 g/mol. The van der Waals surface area contributed by atoms with E-state index < -0.39 is 28.5 Å². The van der Waals surface area contributed by atoms with Crippen LogP contribution in [0.2, 0.25) is 5.02 Å². The molecule has 9 heteroatoms. The Labute approximate surface area is 259 Å². The van der Waals surface area contributed by atoms with Crippen molar-refractivity contribution in [2.24, 2.45) is 0 Å². The second-order valence-electron chi connectivity index (χ2n) is 10.3. The molecule has 4 rings (SSSR count). The van der Waals surface area contributed by atoms with Crippen molar-refractivity contribution < 1.29 is 18.0 Å². The quantitative estimate of drug-likeness (QED) is 0.199. The molecular formula is C34H36ClN3O4S. The van der Waals surface area contributed by atoms with Gasteiger partial charge >= 0.3 is 0 Å². The molecule has 1 unspecified atom stereocenters. The van der Waals surface area contributed by atoms with E-state index in [1.165, 1.54) is 17.0 Å². The number of nitrogens with one attached hydrogen (secondary N) is 1. The molecule has 0 radical (unpaired) electrons. The van der Waals surface area contributed by atoms with Crippen LogP contribution in [-0.4, -0.2) is 44.3 Å². The molecule has 0 aliphatic carbocycles. The van der Waals surface area contributed by atoms with E-state index >= 15 is 0 Å². The molecule has 1 N–H and O–H groups in total. The van der Waals surface area contributed by atoms with Crippen LogP contribution in [-0.2, 0) is 32.6 Å². The predicted molar refractivity (Wildman–Crippen MR) is 171 cm³/mol. The Morgan fingerprint density at radius 2 is 1.40 bits per heavy atom. The van der Waals surface area contributed by atoms with E-state index in [0.29, 0.717) is 11.6 Å². The number of hydrogen-bond donors (Lipinski definition) is 1. The van der Waals surface area contributed by atoms with Crippen molar-refractivity contribution >= 4 is 39.1 Å². The van der Waals surface area contributed by atoms with Gasteiger partial charge in [0.2, 0.25) is 11.8 Å². The van der Waals surface area contributed by atoms with E-state index in [1.54, 1.807) is 36.4 Å². The number of carbonyl (C=O) groups excluding carboxylic acids is 2. The van der Waals surface area contributed by atoms with Crippen molar-refractivity contribution in [2.45, 2.75) is 44.2 Å². The second-order valence-corrected chi connectivity index (χ2v) is 12.6. The van der Waals surface area contributed by atoms with Crippen LogP contribution in [0.1, 0.15) is 30.0 Å². The highest BCUT2D eigenvalue weighted by Crippen LogP contribution is 2.26. The molecule has 7 nitrogen and oxygen atoms in total. The van der Waals surface area contributed by atoms with Gasteiger partial charge < -0.3 is 10.2 Å². The van der Waals surface area contributed by atoms with E-state index in [1.807, 2.05) is 74.5 Å². The lowest BCUT2D eigenvalue weighted by molar-refractivity contribution is -0.140. The molecule has 0 spiro atoms. The third-order valence-electron chi connectivity index (χ3n) is 7.02. The number of rotatable bonds is 13. The van der Waals surface area contributed by atoms with Gasteiger partial charge in [0.05, 0.1) is 10.6 Å². The van der Waals surface area contributed by atoms with Gasteiger partial charge in [-0.3, -0.25) is 13.9 Å². The first-order valence-corrected chi connectivity index (χ1v) is 16.0. The summed E-state index contributed by atoms with van der Waals surface area (Å²) in [7, 11) is -4.16. The molecule has 0 saturated carbocycles. The Kier molecular flexibility index (Phi) is 11.0. The fourth-order valence-corrected chi connectivity index (χ4v) is 6.21. The molecule has 0 aliphatic heterocycles. The minimum atomic E-state index is -4.16. The number of carbonyl (C=O) groups is 2. The second kappa shape index (κ2) is 14.8. The maximum atomic E-state index is 14.4. The summed E-state index contributed by atoms with van der Waals surface area (Å²) in [6.45, 7) is 3.89. The highest BCUT2D eigenvalue weighted by molar-refractivity contribution is 7.92. The summed E-state index contributed by atoms with van der Waals surface area (Å²) in [5.74, 6) is -0.809. The molecule has 0 saturated heterocycles. The zero-order valence-electron chi connectivity index (χ0n) is 24.3. The summed E-state index contributed by atoms with van der Waals surface area (Å²) >= 11 is 6.12. The molecule has 0 aromatic heterocycles. The largest absolute Gasteiger partial charge is 0.354 e. The van der Waals surface area contributed by atoms with Crippen molar-refractivity contribution in [3.05, 3.63) is 131 Å². The van der Waals surface area contributed by atoms with Gasteiger partial charge in [0.15, 0.2) is 0 Å². The van der Waals surface area contributed by atoms with Crippen LogP contribution in [0.25, 0.3) is 0 Å². The van der Waals surface area contributed by atoms with E-state index in [9.17, 15) is 18.0 Å². The number of aryl methyl sites for hydroxylation is 1. The molecule has 4 aromatic carbocycles. The molecule has 4 aromatic rings. The van der Waals surface area contributed by atoms with Gasteiger partial charge in [-0.25, -0.2) is 8.42 Å². The van der Waals surface area contributed by atoms with Crippen molar-refractivity contribution in [3.63, 3.8) is 0 Å². The minimum absolute atomic E-state index is 0.0528. The predicted octanol–water partition coefficient (Wildman–Crippen LogP) is 6.01. The van der Waals surface area contributed by atoms with E-state index in [0.717, 1.165) is 27.4 Å². The van der Waals surface area contributed by atoms with E-state index in [-0.39, 0.29) is 29.5 Å². The number of sulfonamides is 1. The lowest BCUT2D eigenvalue weighted by Crippen LogP contribution is -2.53. The van der Waals surface area contributed by atoms with Gasteiger partial charge in [0.1, 0.15) is 12.6 Å². The molecule has 0 bridgehead atoms. The Balaban J connectivity index is 1.77. The zero-order valence-corrected chi connectivity index (χ0v) is 25.9. The van der Waals surface area contributed by atoms with Crippen LogP contribution in [0.3, 0.4) is 0 Å². The van der Waals surface area contributed by atoms with Gasteiger partial charge in [0, 0.05) is 24.5 Å². The first-order chi connectivity index (χ1) is 20.7. The average Bonchev–Trinajstić information content (AvgIpc) is 3.02. The van der Waals surface area contributed by atoms with Crippen LogP contribution >= 0.6 is 11.6 Å². The van der Waals surface area contributed by atoms with E-state index in [4.69, 9.17) is 11.6 Å². The Hall–Kier alpha value is -4.14. The Morgan fingerprint density at radius 1 is 0.814 bits per heavy atom. The number of halogens is 1. The van der Waals surface area contributed by atoms with Crippen LogP contribution in [0.15, 0.2) is 114 Å². The van der Waals surface area contributed by atoms with Crippen molar-refractivity contribution in [1.82, 2.24) is 10.2 Å². The fourth-order valence-electron chi connectivity index (χ4n) is 4.67. The molecule has 0 aliphatic rings. The zero-order chi connectivity index (χ0) is 30.8. The molecule has 1 atom stereocenters. The summed E-state index contributed by atoms with van der Waals surface area (Å²) < 4.78 is 29.1. The highest BCUT2D eigenvalue weighted by Gasteiger charge is 2.34. The van der Waals surface area contributed by atoms with Crippen LogP contribution in [0.4, 0.5) is 5.69 Å². The molecule has 224 valence electrons. The number of nitrogens with zero attached hydrogens (tertiary/aromatic N) is 2. The SMILES string of the molecule is CCCNC(=O)C(Cc1ccccc1)N(Cc1ccccc1)C(=O)CN(c1ccc(Cl)cc1)S(=O)(=O)c1ccc(C)cc1. The van der Waals surface area contributed by atoms with Gasteiger partial charge in [-0.2, -0.15) is 0 Å². The normalized spacial score (nSPS) is 11.9. The minimum Gasteiger partial charge on any atom is -0.354 e. The summed E-state index contributed by atoms with van der Waals surface area (Å²) in [6, 6.07) is 30.7. The van der Waals surface area contributed by atoms with E-state index in [2.05, 4.69) is 5.32 Å². The summed E-state index contributed by atoms with van der Waals surface area (Å²) in [4.78, 5) is 29.5. The highest BCUT2D eigenvalue weighted by atomic mass is 35.5. The molecule has 0 fully saturated rings. The number of amides is 2. The van der Waals surface area contributed by atoms with Crippen LogP contribution in [0, 0.1) is 6.92 Å². The van der Waals surface area contributed by atoms with Gasteiger partial charge in [0.25, 0.3) is 10.0 Å². The number of anilines is 1. The smallest absolute Gasteiger partial charge is 0.264 e. The van der Waals surface area contributed by atoms with Crippen molar-refractivity contribution in [2.75, 3.05) is 17.4 Å². The monoisotopic (exact) mass is 617 g/mol. The molecule has 0 heterocycles. The third kappa shape index (κ3) is 8.46. The summed E-state index contributed by atoms with van der Waals surface area (Å²) in [5, 5.41) is 3.38. The van der Waals surface area contributed by atoms with Crippen LogP contribution < -0.4 is 9.62 Å². The summed E-state index contributed by atoms with van der Waals surface area (Å²) in [6.07, 6.45) is 0.996. The summed E-state index contributed by atoms with van der Waals surface area (Å²) in [5.41, 5.74) is 2.89.